The number of aryl methyl sites for hydroxylation is 1. The number of thiophene rings is 1. The molecule has 0 aliphatic carbocycles. The Hall–Kier alpha value is -0.460. The molecule has 0 atom stereocenters. The number of rotatable bonds is 2. The summed E-state index contributed by atoms with van der Waals surface area (Å²) in [6.07, 6.45) is 0.826. The maximum atomic E-state index is 5.84. The van der Waals surface area contributed by atoms with Crippen molar-refractivity contribution in [3.63, 3.8) is 0 Å². The molecule has 0 aromatic carbocycles. The molecule has 3 nitrogen and oxygen atoms in total. The van der Waals surface area contributed by atoms with Gasteiger partial charge in [0.2, 0.25) is 0 Å². The van der Waals surface area contributed by atoms with Crippen LogP contribution in [0.25, 0.3) is 10.7 Å². The first-order chi connectivity index (χ1) is 7.61. The fraction of sp³-hybridized carbons (Fsp3) is 0.200. The van der Waals surface area contributed by atoms with E-state index in [-0.39, 0.29) is 0 Å². The second-order valence-corrected chi connectivity index (χ2v) is 6.41. The molecule has 0 bridgehead atoms. The lowest BCUT2D eigenvalue weighted by atomic mass is 10.3. The van der Waals surface area contributed by atoms with Crippen LogP contribution in [-0.2, 0) is 6.42 Å². The number of nitrogens with zero attached hydrogens (tertiary/aromatic N) is 2. The van der Waals surface area contributed by atoms with E-state index in [9.17, 15) is 0 Å². The Morgan fingerprint density at radius 2 is 2.06 bits per heavy atom. The number of anilines is 1. The quantitative estimate of drug-likeness (QED) is 0.881. The van der Waals surface area contributed by atoms with Gasteiger partial charge in [0.05, 0.1) is 18.8 Å². The van der Waals surface area contributed by atoms with Crippen LogP contribution >= 0.6 is 43.2 Å². The van der Waals surface area contributed by atoms with Crippen molar-refractivity contribution in [3.05, 3.63) is 26.1 Å². The Bertz CT molecular complexity index is 525. The van der Waals surface area contributed by atoms with Gasteiger partial charge in [-0.1, -0.05) is 6.92 Å². The zero-order valence-electron chi connectivity index (χ0n) is 8.50. The highest BCUT2D eigenvalue weighted by Gasteiger charge is 2.11. The average molecular weight is 363 g/mol. The van der Waals surface area contributed by atoms with E-state index >= 15 is 0 Å². The van der Waals surface area contributed by atoms with E-state index in [0.717, 1.165) is 25.3 Å². The Kier molecular flexibility index (Phi) is 3.61. The standard InChI is InChI=1S/C10H9Br2N3S/c1-2-5-8(12)9(13)15-10(14-5)6-3-4-7(11)16-6/h3-4H,2H2,1H3,(H2,13,14,15). The molecule has 2 N–H and O–H groups in total. The summed E-state index contributed by atoms with van der Waals surface area (Å²) in [5, 5.41) is 0. The molecule has 16 heavy (non-hydrogen) atoms. The lowest BCUT2D eigenvalue weighted by Gasteiger charge is -2.05. The predicted molar refractivity (Wildman–Crippen MR) is 74.5 cm³/mol. The number of hydrogen-bond donors (Lipinski definition) is 1. The molecule has 0 spiro atoms. The third-order valence-electron chi connectivity index (χ3n) is 2.07. The second kappa shape index (κ2) is 4.81. The van der Waals surface area contributed by atoms with Gasteiger partial charge in [0, 0.05) is 0 Å². The minimum absolute atomic E-state index is 0.492. The van der Waals surface area contributed by atoms with Crippen LogP contribution in [0.15, 0.2) is 20.4 Å². The summed E-state index contributed by atoms with van der Waals surface area (Å²) in [5.74, 6) is 1.18. The van der Waals surface area contributed by atoms with Gasteiger partial charge in [-0.25, -0.2) is 9.97 Å². The summed E-state index contributed by atoms with van der Waals surface area (Å²) in [6.45, 7) is 2.04. The Morgan fingerprint density at radius 1 is 1.31 bits per heavy atom. The Balaban J connectivity index is 2.54. The van der Waals surface area contributed by atoms with E-state index in [1.165, 1.54) is 0 Å². The molecule has 2 rings (SSSR count). The first kappa shape index (κ1) is 12.0. The van der Waals surface area contributed by atoms with Gasteiger partial charge in [-0.3, -0.25) is 0 Å². The minimum Gasteiger partial charge on any atom is -0.383 e. The molecular weight excluding hydrogens is 354 g/mol. The van der Waals surface area contributed by atoms with Gasteiger partial charge in [0.25, 0.3) is 0 Å². The first-order valence-corrected chi connectivity index (χ1v) is 7.09. The minimum atomic E-state index is 0.492. The van der Waals surface area contributed by atoms with Crippen LogP contribution in [0.3, 0.4) is 0 Å². The van der Waals surface area contributed by atoms with Crippen molar-refractivity contribution in [1.29, 1.82) is 0 Å². The molecule has 0 amide bonds. The highest BCUT2D eigenvalue weighted by atomic mass is 79.9. The monoisotopic (exact) mass is 361 g/mol. The van der Waals surface area contributed by atoms with Gasteiger partial charge in [-0.15, -0.1) is 11.3 Å². The van der Waals surface area contributed by atoms with E-state index in [2.05, 4.69) is 41.8 Å². The summed E-state index contributed by atoms with van der Waals surface area (Å²) in [7, 11) is 0. The smallest absolute Gasteiger partial charge is 0.171 e. The molecule has 0 saturated carbocycles. The van der Waals surface area contributed by atoms with Crippen molar-refractivity contribution in [2.24, 2.45) is 0 Å². The fourth-order valence-corrected chi connectivity index (χ4v) is 3.07. The fourth-order valence-electron chi connectivity index (χ4n) is 1.29. The van der Waals surface area contributed by atoms with Gasteiger partial charge >= 0.3 is 0 Å². The van der Waals surface area contributed by atoms with Crippen molar-refractivity contribution >= 4 is 49.0 Å². The largest absolute Gasteiger partial charge is 0.383 e. The van der Waals surface area contributed by atoms with Gasteiger partial charge < -0.3 is 5.73 Å². The molecule has 2 heterocycles. The molecule has 2 aromatic rings. The first-order valence-electron chi connectivity index (χ1n) is 4.69. The van der Waals surface area contributed by atoms with Crippen molar-refractivity contribution in [2.75, 3.05) is 5.73 Å². The highest BCUT2D eigenvalue weighted by molar-refractivity contribution is 9.11. The zero-order valence-corrected chi connectivity index (χ0v) is 12.5. The second-order valence-electron chi connectivity index (χ2n) is 3.15. The van der Waals surface area contributed by atoms with Gasteiger partial charge in [0.1, 0.15) is 5.82 Å². The number of nitrogens with two attached hydrogens (primary N) is 1. The topological polar surface area (TPSA) is 51.8 Å². The molecular formula is C10H9Br2N3S. The SMILES string of the molecule is CCc1nc(-c2ccc(Br)s2)nc(N)c1Br. The molecule has 0 fully saturated rings. The van der Waals surface area contributed by atoms with E-state index in [4.69, 9.17) is 5.73 Å². The number of aromatic nitrogens is 2. The summed E-state index contributed by atoms with van der Waals surface area (Å²) in [5.41, 5.74) is 6.77. The van der Waals surface area contributed by atoms with Crippen LogP contribution in [0.4, 0.5) is 5.82 Å². The molecule has 0 aliphatic heterocycles. The Labute approximate surface area is 114 Å². The van der Waals surface area contributed by atoms with E-state index in [1.54, 1.807) is 11.3 Å². The molecule has 0 radical (unpaired) electrons. The number of nitrogen functional groups attached to an aromatic ring is 1. The van der Waals surface area contributed by atoms with Crippen LogP contribution < -0.4 is 5.73 Å². The van der Waals surface area contributed by atoms with E-state index in [0.29, 0.717) is 11.6 Å². The predicted octanol–water partition coefficient (Wildman–Crippen LogP) is 3.87. The van der Waals surface area contributed by atoms with Crippen LogP contribution in [-0.4, -0.2) is 9.97 Å². The normalized spacial score (nSPS) is 10.7. The van der Waals surface area contributed by atoms with Crippen molar-refractivity contribution < 1.29 is 0 Å². The van der Waals surface area contributed by atoms with Crippen LogP contribution in [0.2, 0.25) is 0 Å². The van der Waals surface area contributed by atoms with E-state index < -0.39 is 0 Å². The average Bonchev–Trinajstić information content (AvgIpc) is 2.69. The molecule has 2 aromatic heterocycles. The van der Waals surface area contributed by atoms with Crippen molar-refractivity contribution in [2.45, 2.75) is 13.3 Å². The van der Waals surface area contributed by atoms with Crippen molar-refractivity contribution in [1.82, 2.24) is 9.97 Å². The van der Waals surface area contributed by atoms with Gasteiger partial charge in [0.15, 0.2) is 5.82 Å². The summed E-state index contributed by atoms with van der Waals surface area (Å²) in [4.78, 5) is 9.78. The lowest BCUT2D eigenvalue weighted by Crippen LogP contribution is -2.01. The summed E-state index contributed by atoms with van der Waals surface area (Å²) < 4.78 is 1.86. The third-order valence-corrected chi connectivity index (χ3v) is 4.56. The molecule has 0 unspecified atom stereocenters. The Morgan fingerprint density at radius 3 is 2.62 bits per heavy atom. The van der Waals surface area contributed by atoms with Gasteiger partial charge in [-0.05, 0) is 50.4 Å². The summed E-state index contributed by atoms with van der Waals surface area (Å²) in [6, 6.07) is 3.96. The lowest BCUT2D eigenvalue weighted by molar-refractivity contribution is 0.998. The summed E-state index contributed by atoms with van der Waals surface area (Å²) >= 11 is 8.41. The van der Waals surface area contributed by atoms with E-state index in [1.807, 2.05) is 19.1 Å². The number of halogens is 2. The molecule has 0 aliphatic rings. The zero-order chi connectivity index (χ0) is 11.7. The van der Waals surface area contributed by atoms with Crippen LogP contribution in [0, 0.1) is 0 Å². The van der Waals surface area contributed by atoms with Crippen LogP contribution in [0.5, 0.6) is 0 Å². The third kappa shape index (κ3) is 2.28. The molecule has 84 valence electrons. The maximum absolute atomic E-state index is 5.84. The van der Waals surface area contributed by atoms with Crippen LogP contribution in [0.1, 0.15) is 12.6 Å². The number of hydrogen-bond acceptors (Lipinski definition) is 4. The molecule has 0 saturated heterocycles. The van der Waals surface area contributed by atoms with Crippen molar-refractivity contribution in [3.8, 4) is 10.7 Å². The van der Waals surface area contributed by atoms with Gasteiger partial charge in [-0.2, -0.15) is 0 Å². The highest BCUT2D eigenvalue weighted by Crippen LogP contribution is 2.31. The maximum Gasteiger partial charge on any atom is 0.171 e. The molecule has 6 heteroatoms.